The zero-order valence-corrected chi connectivity index (χ0v) is 29.1. The van der Waals surface area contributed by atoms with E-state index in [9.17, 15) is 44.7 Å². The van der Waals surface area contributed by atoms with E-state index in [-0.39, 0.29) is 18.6 Å². The van der Waals surface area contributed by atoms with Gasteiger partial charge in [0.25, 0.3) is 0 Å². The molecular weight excluding hydrogens is 672 g/mol. The molecule has 51 heavy (non-hydrogen) atoms. The molecule has 1 saturated heterocycles. The maximum atomic E-state index is 12.9. The van der Waals surface area contributed by atoms with E-state index in [0.29, 0.717) is 17.8 Å². The Kier molecular flexibility index (Phi) is 11.8. The van der Waals surface area contributed by atoms with Gasteiger partial charge in [-0.2, -0.15) is 0 Å². The standard InChI is InChI=1S/C33H52N6O12/c1-15(41)37-25-20(7-23(29(45)46)50-28(25)27(49-3)22(44)14-40)12-35-31(34)39-33(30(47)48)11-21(43)26(38-16(2)42)24(51-33)13-36-32-8-17-4-18(9-32)6-19(5-17)10-32/h7,17-22,24-28,36,40,43-44H,4-6,8-14H2,1-3H3,(H,37,41)(H,38,42)(H,45,46)(H,47,48)(H3,34,35,39). The Balaban J connectivity index is 1.32. The summed E-state index contributed by atoms with van der Waals surface area (Å²) in [4.78, 5) is 49.2. The average Bonchev–Trinajstić information content (AvgIpc) is 3.04. The maximum Gasteiger partial charge on any atom is 0.370 e. The molecule has 18 nitrogen and oxygen atoms in total. The van der Waals surface area contributed by atoms with E-state index in [1.165, 1.54) is 46.3 Å². The van der Waals surface area contributed by atoms with Crippen molar-refractivity contribution in [1.82, 2.24) is 26.6 Å². The Morgan fingerprint density at radius 3 is 2.08 bits per heavy atom. The number of carboxylic acid groups (broad SMARTS) is 2. The van der Waals surface area contributed by atoms with Crippen LogP contribution in [0.5, 0.6) is 0 Å². The number of carbonyl (C=O) groups excluding carboxylic acids is 2. The number of nitrogens with one attached hydrogen (secondary N) is 6. The van der Waals surface area contributed by atoms with Crippen molar-refractivity contribution in [3.63, 3.8) is 0 Å². The molecule has 9 unspecified atom stereocenters. The van der Waals surface area contributed by atoms with Crippen LogP contribution in [-0.2, 0) is 33.4 Å². The smallest absolute Gasteiger partial charge is 0.370 e. The van der Waals surface area contributed by atoms with Crippen LogP contribution in [-0.4, -0.2) is 136 Å². The predicted molar refractivity (Wildman–Crippen MR) is 177 cm³/mol. The van der Waals surface area contributed by atoms with Crippen LogP contribution < -0.4 is 26.6 Å². The zero-order valence-electron chi connectivity index (χ0n) is 29.1. The van der Waals surface area contributed by atoms with Gasteiger partial charge in [0.05, 0.1) is 30.9 Å². The molecule has 0 aromatic rings. The average molecular weight is 725 g/mol. The minimum Gasteiger partial charge on any atom is -0.478 e. The zero-order chi connectivity index (χ0) is 37.2. The number of rotatable bonds is 14. The molecule has 5 fully saturated rings. The summed E-state index contributed by atoms with van der Waals surface area (Å²) in [6.07, 6.45) is 0.923. The Morgan fingerprint density at radius 1 is 0.980 bits per heavy atom. The summed E-state index contributed by atoms with van der Waals surface area (Å²) in [6, 6.07) is -1.96. The van der Waals surface area contributed by atoms with E-state index < -0.39 is 103 Å². The third-order valence-corrected chi connectivity index (χ3v) is 11.1. The molecule has 0 spiro atoms. The van der Waals surface area contributed by atoms with Gasteiger partial charge < -0.3 is 66.3 Å². The first-order valence-electron chi connectivity index (χ1n) is 17.5. The highest BCUT2D eigenvalue weighted by Gasteiger charge is 2.55. The third kappa shape index (κ3) is 8.58. The van der Waals surface area contributed by atoms with Gasteiger partial charge in [0, 0.05) is 51.9 Å². The molecule has 286 valence electrons. The first-order chi connectivity index (χ1) is 24.1. The van der Waals surface area contributed by atoms with Crippen LogP contribution in [0.3, 0.4) is 0 Å². The molecule has 2 amide bonds. The normalized spacial score (nSPS) is 38.0. The minimum atomic E-state index is -2.30. The molecular formula is C33H52N6O12. The number of ether oxygens (including phenoxy) is 3. The summed E-state index contributed by atoms with van der Waals surface area (Å²) < 4.78 is 17.1. The van der Waals surface area contributed by atoms with Gasteiger partial charge in [-0.3, -0.25) is 15.0 Å². The van der Waals surface area contributed by atoms with Crippen LogP contribution in [0.4, 0.5) is 0 Å². The molecule has 4 aliphatic carbocycles. The number of guanidine groups is 1. The van der Waals surface area contributed by atoms with Crippen LogP contribution >= 0.6 is 0 Å². The van der Waals surface area contributed by atoms with Crippen LogP contribution in [0.15, 0.2) is 11.8 Å². The van der Waals surface area contributed by atoms with Crippen molar-refractivity contribution in [2.75, 3.05) is 26.8 Å². The summed E-state index contributed by atoms with van der Waals surface area (Å²) >= 11 is 0. The van der Waals surface area contributed by atoms with Gasteiger partial charge in [0.2, 0.25) is 23.3 Å². The number of methoxy groups -OCH3 is 1. The molecule has 18 heteroatoms. The fourth-order valence-corrected chi connectivity index (χ4v) is 9.44. The Morgan fingerprint density at radius 2 is 1.57 bits per heavy atom. The first-order valence-corrected chi connectivity index (χ1v) is 17.5. The second kappa shape index (κ2) is 15.6. The topological polar surface area (TPSA) is 281 Å². The van der Waals surface area contributed by atoms with Gasteiger partial charge in [-0.15, -0.1) is 0 Å². The van der Waals surface area contributed by atoms with Crippen LogP contribution in [0.1, 0.15) is 58.8 Å². The summed E-state index contributed by atoms with van der Waals surface area (Å²) in [5, 5.41) is 74.4. The third-order valence-electron chi connectivity index (χ3n) is 11.1. The molecule has 0 radical (unpaired) electrons. The highest BCUT2D eigenvalue weighted by atomic mass is 16.6. The number of amides is 2. The predicted octanol–water partition coefficient (Wildman–Crippen LogP) is -2.05. The number of aliphatic hydroxyl groups excluding tert-OH is 3. The maximum absolute atomic E-state index is 12.9. The van der Waals surface area contributed by atoms with Gasteiger partial charge in [-0.1, -0.05) is 0 Å². The monoisotopic (exact) mass is 724 g/mol. The molecule has 9 atom stereocenters. The second-order valence-corrected chi connectivity index (χ2v) is 15.0. The lowest BCUT2D eigenvalue weighted by atomic mass is 9.53. The van der Waals surface area contributed by atoms with E-state index in [0.717, 1.165) is 19.3 Å². The van der Waals surface area contributed by atoms with Gasteiger partial charge in [-0.25, -0.2) is 9.59 Å². The fraction of sp³-hybridized carbons (Fsp3) is 0.788. The highest BCUT2D eigenvalue weighted by molar-refractivity contribution is 5.87. The summed E-state index contributed by atoms with van der Waals surface area (Å²) in [7, 11) is 1.22. The van der Waals surface area contributed by atoms with Crippen molar-refractivity contribution in [2.45, 2.75) is 113 Å². The van der Waals surface area contributed by atoms with Crippen LogP contribution in [0, 0.1) is 29.1 Å². The molecule has 2 aliphatic heterocycles. The highest BCUT2D eigenvalue weighted by Crippen LogP contribution is 2.55. The molecule has 4 bridgehead atoms. The quantitative estimate of drug-likeness (QED) is 0.0680. The molecule has 6 rings (SSSR count). The lowest BCUT2D eigenvalue weighted by Gasteiger charge is -2.57. The van der Waals surface area contributed by atoms with E-state index in [1.807, 2.05) is 0 Å². The van der Waals surface area contributed by atoms with Crippen LogP contribution in [0.25, 0.3) is 0 Å². The number of aliphatic hydroxyl groups is 3. The van der Waals surface area contributed by atoms with Gasteiger partial charge >= 0.3 is 11.9 Å². The van der Waals surface area contributed by atoms with E-state index >= 15 is 0 Å². The largest absolute Gasteiger partial charge is 0.478 e. The SMILES string of the molecule is COC(C(O)CO)C1OC(C(=O)O)=CC(CNC(=N)NC2(C(=O)O)CC(O)C(NC(C)=O)C(CNC34CC5CC(CC(C5)C3)C4)O2)C1NC(C)=O. The fourth-order valence-electron chi connectivity index (χ4n) is 9.44. The Hall–Kier alpha value is -3.55. The number of carboxylic acids is 2. The number of hydrogen-bond donors (Lipinski definition) is 11. The minimum absolute atomic E-state index is 0.127. The van der Waals surface area contributed by atoms with Gasteiger partial charge in [0.1, 0.15) is 18.3 Å². The number of hydrogen-bond acceptors (Lipinski definition) is 12. The van der Waals surface area contributed by atoms with E-state index in [1.54, 1.807) is 0 Å². The lowest BCUT2D eigenvalue weighted by molar-refractivity contribution is -0.208. The summed E-state index contributed by atoms with van der Waals surface area (Å²) in [5.41, 5.74) is -2.42. The molecule has 0 aromatic carbocycles. The first kappa shape index (κ1) is 38.7. The molecule has 4 saturated carbocycles. The van der Waals surface area contributed by atoms with E-state index in [4.69, 9.17) is 19.6 Å². The molecule has 6 aliphatic rings. The summed E-state index contributed by atoms with van der Waals surface area (Å²) in [5.74, 6) is -4.00. The summed E-state index contributed by atoms with van der Waals surface area (Å²) in [6.45, 7) is 1.67. The second-order valence-electron chi connectivity index (χ2n) is 15.0. The van der Waals surface area contributed by atoms with Crippen molar-refractivity contribution in [1.29, 1.82) is 5.41 Å². The molecule has 2 heterocycles. The lowest BCUT2D eigenvalue weighted by Crippen LogP contribution is -2.71. The van der Waals surface area contributed by atoms with E-state index in [2.05, 4.69) is 26.6 Å². The Labute approximate surface area is 295 Å². The van der Waals surface area contributed by atoms with Crippen molar-refractivity contribution >= 4 is 29.7 Å². The van der Waals surface area contributed by atoms with Crippen molar-refractivity contribution in [3.8, 4) is 0 Å². The number of carbonyl (C=O) groups is 4. The van der Waals surface area contributed by atoms with Gasteiger partial charge in [0.15, 0.2) is 5.96 Å². The number of aliphatic carboxylic acids is 2. The van der Waals surface area contributed by atoms with Crippen LogP contribution in [0.2, 0.25) is 0 Å². The van der Waals surface area contributed by atoms with Crippen molar-refractivity contribution in [3.05, 3.63) is 11.8 Å². The Bertz CT molecular complexity index is 1340. The molecule has 0 aromatic heterocycles. The molecule has 11 N–H and O–H groups in total. The van der Waals surface area contributed by atoms with Crippen molar-refractivity contribution in [2.24, 2.45) is 23.7 Å². The van der Waals surface area contributed by atoms with Gasteiger partial charge in [-0.05, 0) is 62.4 Å². The van der Waals surface area contributed by atoms with Crippen molar-refractivity contribution < 1.29 is 58.9 Å².